The molecule has 0 spiro atoms. The second kappa shape index (κ2) is 42.7. The first-order valence-corrected chi connectivity index (χ1v) is 37.6. The third-order valence-electron chi connectivity index (χ3n) is 21.1. The van der Waals surface area contributed by atoms with Gasteiger partial charge in [-0.1, -0.05) is 0 Å². The Bertz CT molecular complexity index is 3230. The fourth-order valence-corrected chi connectivity index (χ4v) is 15.2. The first-order valence-electron chi connectivity index (χ1n) is 37.6. The molecule has 0 aromatic heterocycles. The summed E-state index contributed by atoms with van der Waals surface area (Å²) in [7, 11) is 0. The molecule has 9 fully saturated rings. The summed E-state index contributed by atoms with van der Waals surface area (Å²) < 4.78 is 103. The number of amides is 6. The fraction of sp³-hybridized carbons (Fsp3) is 0.909. The van der Waals surface area contributed by atoms with Gasteiger partial charge in [-0.15, -0.1) is 0 Å². The van der Waals surface area contributed by atoms with Gasteiger partial charge in [-0.3, -0.25) is 28.8 Å². The minimum absolute atomic E-state index is 0.801. The second-order valence-electron chi connectivity index (χ2n) is 29.7. The van der Waals surface area contributed by atoms with Gasteiger partial charge in [-0.2, -0.15) is 0 Å². The van der Waals surface area contributed by atoms with E-state index in [1.807, 2.05) is 0 Å². The zero-order valence-electron chi connectivity index (χ0n) is 64.0. The Kier molecular flexibility index (Phi) is 35.1. The Hall–Kier alpha value is -4.78. The number of aliphatic hydroxyl groups excluding tert-OH is 23. The molecule has 9 aliphatic rings. The maximum atomic E-state index is 13.1. The molecule has 29 N–H and O–H groups in total. The number of aliphatic hydroxyl groups is 23. The number of rotatable bonds is 31. The van der Waals surface area contributed by atoms with Crippen molar-refractivity contribution < 1.29 is 227 Å². The van der Waals surface area contributed by atoms with Crippen molar-refractivity contribution in [1.82, 2.24) is 31.9 Å². The van der Waals surface area contributed by atoms with Crippen molar-refractivity contribution in [2.75, 3.05) is 59.5 Å². The SMILES string of the molecule is CC(=O)N[C@@H]1[C@@H](O)[C@H](O[C@@H]2O[C@H](CO)[C@@H](O[C@@H]3O[C@H](CO[C@H]4O[C@H](CO[C@@H]5O[C@H](CO)[C@@H](O)[C@H](O)[C@H]5NC(C)=O)[C@@H](O)[C@H](O)[C@@H]4O[C@@H]4O[C@H](CO)[C@@H](O)[C@H](O)[C@H]4NC(C)=O)[C@@H](O)[C@H](O[C@H]4O[C@H](CO)[C@@H](O[C@@H]5O[C@H](CO)[C@@H](O)[C@H](O)[C@H]5NC(C)=O)[C@H](O)[C@@H]4O[C@@H]4O[C@H](CO)[C@@H](O)[C@H](O)[C@H]4NC(C)=O)[C@@H]3O)[C@H](O)[C@H]2NC(C)=O)[C@@H](CO)O[C@@H]1O. The second-order valence-corrected chi connectivity index (χ2v) is 29.7. The summed E-state index contributed by atoms with van der Waals surface area (Å²) in [5, 5.41) is 274. The van der Waals surface area contributed by atoms with Crippen LogP contribution in [0.25, 0.3) is 0 Å². The van der Waals surface area contributed by atoms with Crippen LogP contribution in [0.1, 0.15) is 41.5 Å². The average Bonchev–Trinajstić information content (AvgIpc) is 0.760. The molecule has 9 heterocycles. The number of hydrogen-bond acceptors (Lipinski definition) is 46. The highest BCUT2D eigenvalue weighted by atomic mass is 16.8. The van der Waals surface area contributed by atoms with Crippen LogP contribution >= 0.6 is 0 Å². The lowest BCUT2D eigenvalue weighted by Gasteiger charge is -2.51. The van der Waals surface area contributed by atoms with Gasteiger partial charge in [0, 0.05) is 41.5 Å². The Balaban J connectivity index is 1.13. The third kappa shape index (κ3) is 22.1. The van der Waals surface area contributed by atoms with E-state index in [-0.39, 0.29) is 0 Å². The molecular weight excluding hydrogens is 1610 g/mol. The van der Waals surface area contributed by atoms with Gasteiger partial charge in [0.25, 0.3) is 0 Å². The lowest BCUT2D eigenvalue weighted by Crippen LogP contribution is -2.71. The zero-order chi connectivity index (χ0) is 87.1. The number of carbonyl (C=O) groups excluding carboxylic acids is 6. The molecule has 680 valence electrons. The van der Waals surface area contributed by atoms with Crippen molar-refractivity contribution >= 4 is 35.4 Å². The minimum atomic E-state index is -2.65. The number of nitrogens with one attached hydrogen (secondary N) is 6. The van der Waals surface area contributed by atoms with Crippen LogP contribution in [0.3, 0.4) is 0 Å². The quantitative estimate of drug-likeness (QED) is 0.0306. The van der Waals surface area contributed by atoms with E-state index in [2.05, 4.69) is 31.9 Å². The molecule has 118 heavy (non-hydrogen) atoms. The van der Waals surface area contributed by atoms with Crippen LogP contribution in [-0.4, -0.2) is 488 Å². The molecule has 9 saturated heterocycles. The normalized spacial score (nSPS) is 46.9. The highest BCUT2D eigenvalue weighted by Crippen LogP contribution is 2.40. The van der Waals surface area contributed by atoms with Crippen LogP contribution in [-0.2, 0) is 109 Å². The van der Waals surface area contributed by atoms with Crippen LogP contribution < -0.4 is 31.9 Å². The van der Waals surface area contributed by atoms with E-state index in [9.17, 15) is 146 Å². The summed E-state index contributed by atoms with van der Waals surface area (Å²) in [5.74, 6) is -5.29. The van der Waals surface area contributed by atoms with E-state index in [4.69, 9.17) is 80.5 Å². The van der Waals surface area contributed by atoms with Crippen molar-refractivity contribution in [1.29, 1.82) is 0 Å². The molecule has 0 unspecified atom stereocenters. The zero-order valence-corrected chi connectivity index (χ0v) is 64.0. The maximum Gasteiger partial charge on any atom is 0.217 e. The van der Waals surface area contributed by atoms with E-state index < -0.39 is 371 Å². The van der Waals surface area contributed by atoms with E-state index in [1.54, 1.807) is 0 Å². The average molecular weight is 1720 g/mol. The van der Waals surface area contributed by atoms with E-state index in [0.29, 0.717) is 0 Å². The standard InChI is InChI=1S/C66H110N6O46/c1-16(80)67-31-47(96)52(26(11-77)104-58(31)101)113-63-36(72-21(6)85)48(97)53(27(12-78)109-63)115-64-51(100)55(116-66-57(118-62-35(71-20(5)84)46(95)40(89)25(10-76)108-62)50(99)54(28(13-79)110-66)114-60-33(69-18(3)82)44(93)38(87)23(8-74)106-60)42(91)30(111-64)15-103-65-56(117-61-34(70-19(4)83)45(94)39(88)24(9-75)107-61)49(98)41(90)29(112-65)14-102-59-32(68-17(2)81)43(92)37(86)22(7-73)105-59/h22-66,73-79,86-101H,7-15H2,1-6H3,(H,67,80)(H,68,81)(H,69,82)(H,70,83)(H,71,84)(H,72,85)/t22-,23-,24-,25-,26-,27-,28-,29-,30-,31-,32-,33-,34-,35-,36-,37-,38-,39-,40-,41-,42-,43-,44-,45-,46-,47-,48-,49+,50+,51+,52-,53-,54-,55+,56+,57+,58+,59-,60+,61+,62+,63+,64+,65+,66-/m1/s1. The fourth-order valence-electron chi connectivity index (χ4n) is 15.2. The Morgan fingerprint density at radius 3 is 0.847 bits per heavy atom. The van der Waals surface area contributed by atoms with Gasteiger partial charge in [-0.05, 0) is 0 Å². The predicted octanol–water partition coefficient (Wildman–Crippen LogP) is -19.8. The van der Waals surface area contributed by atoms with Gasteiger partial charge in [0.15, 0.2) is 56.6 Å². The smallest absolute Gasteiger partial charge is 0.217 e. The third-order valence-corrected chi connectivity index (χ3v) is 21.1. The van der Waals surface area contributed by atoms with Gasteiger partial charge in [0.1, 0.15) is 219 Å². The molecule has 9 aliphatic heterocycles. The summed E-state index contributed by atoms with van der Waals surface area (Å²) in [6, 6.07) is -10.8. The molecule has 0 saturated carbocycles. The molecular formula is C66H110N6O46. The first-order chi connectivity index (χ1) is 55.8. The van der Waals surface area contributed by atoms with Gasteiger partial charge < -0.3 is 230 Å². The molecule has 6 amide bonds. The van der Waals surface area contributed by atoms with Gasteiger partial charge >= 0.3 is 0 Å². The topological polar surface area (TPSA) is 797 Å². The summed E-state index contributed by atoms with van der Waals surface area (Å²) >= 11 is 0. The highest BCUT2D eigenvalue weighted by Gasteiger charge is 2.61. The molecule has 52 nitrogen and oxygen atoms in total. The molecule has 9 rings (SSSR count). The molecule has 0 aromatic rings. The molecule has 0 radical (unpaired) electrons. The van der Waals surface area contributed by atoms with Gasteiger partial charge in [0.05, 0.1) is 59.5 Å². The van der Waals surface area contributed by atoms with E-state index >= 15 is 0 Å². The molecule has 0 aromatic carbocycles. The van der Waals surface area contributed by atoms with Crippen molar-refractivity contribution in [3.8, 4) is 0 Å². The largest absolute Gasteiger partial charge is 0.394 e. The van der Waals surface area contributed by atoms with Gasteiger partial charge in [0.2, 0.25) is 35.4 Å². The molecule has 52 heteroatoms. The lowest BCUT2D eigenvalue weighted by molar-refractivity contribution is -0.403. The molecule has 0 bridgehead atoms. The lowest BCUT2D eigenvalue weighted by atomic mass is 9.93. The van der Waals surface area contributed by atoms with Gasteiger partial charge in [-0.25, -0.2) is 0 Å². The van der Waals surface area contributed by atoms with Crippen molar-refractivity contribution in [2.45, 2.75) is 318 Å². The monoisotopic (exact) mass is 1720 g/mol. The predicted molar refractivity (Wildman–Crippen MR) is 367 cm³/mol. The van der Waals surface area contributed by atoms with Crippen molar-refractivity contribution in [2.24, 2.45) is 0 Å². The minimum Gasteiger partial charge on any atom is -0.394 e. The van der Waals surface area contributed by atoms with Crippen molar-refractivity contribution in [3.05, 3.63) is 0 Å². The van der Waals surface area contributed by atoms with Crippen molar-refractivity contribution in [3.63, 3.8) is 0 Å². The van der Waals surface area contributed by atoms with Crippen LogP contribution in [0, 0.1) is 0 Å². The number of hydrogen-bond donors (Lipinski definition) is 29. The number of ether oxygens (including phenoxy) is 17. The Morgan fingerprint density at radius 1 is 0.220 bits per heavy atom. The molecule has 45 atom stereocenters. The summed E-state index contributed by atoms with van der Waals surface area (Å²) in [4.78, 5) is 75.9. The first kappa shape index (κ1) is 97.0. The van der Waals surface area contributed by atoms with E-state index in [1.165, 1.54) is 0 Å². The van der Waals surface area contributed by atoms with E-state index in [0.717, 1.165) is 41.5 Å². The summed E-state index contributed by atoms with van der Waals surface area (Å²) in [6.07, 6.45) is -82.3. The van der Waals surface area contributed by atoms with Crippen LogP contribution in [0.15, 0.2) is 0 Å². The Morgan fingerprint density at radius 2 is 0.466 bits per heavy atom. The summed E-state index contributed by atoms with van der Waals surface area (Å²) in [5.41, 5.74) is 0. The van der Waals surface area contributed by atoms with Crippen LogP contribution in [0.5, 0.6) is 0 Å². The van der Waals surface area contributed by atoms with Crippen LogP contribution in [0.4, 0.5) is 0 Å². The molecule has 0 aliphatic carbocycles. The number of carbonyl (C=O) groups is 6. The summed E-state index contributed by atoms with van der Waals surface area (Å²) in [6.45, 7) is -4.10. The Labute approximate surface area is 669 Å². The van der Waals surface area contributed by atoms with Crippen LogP contribution in [0.2, 0.25) is 0 Å². The maximum absolute atomic E-state index is 13.1. The highest BCUT2D eigenvalue weighted by molar-refractivity contribution is 5.75.